The van der Waals surface area contributed by atoms with Gasteiger partial charge in [-0.1, -0.05) is 0 Å². The Balaban J connectivity index is 2.45. The van der Waals surface area contributed by atoms with Crippen LogP contribution in [-0.4, -0.2) is 9.97 Å². The Labute approximate surface area is 66.7 Å². The third-order valence-electron chi connectivity index (χ3n) is 1.21. The van der Waals surface area contributed by atoms with E-state index in [0.29, 0.717) is 5.76 Å². The maximum Gasteiger partial charge on any atom is 0.292 e. The Kier molecular flexibility index (Phi) is 1.36. The zero-order valence-corrected chi connectivity index (χ0v) is 6.34. The number of oxazole rings is 1. The molecule has 0 aromatic carbocycles. The molecule has 0 spiro atoms. The molecule has 0 radical (unpaired) electrons. The molecule has 0 aliphatic rings. The second kappa shape index (κ2) is 2.35. The molecule has 0 unspecified atom stereocenters. The van der Waals surface area contributed by atoms with E-state index >= 15 is 0 Å². The zero-order valence-electron chi connectivity index (χ0n) is 5.52. The average molecular weight is 167 g/mol. The quantitative estimate of drug-likeness (QED) is 0.696. The number of thiazole rings is 1. The molecule has 5 heteroatoms. The highest BCUT2D eigenvalue weighted by molar-refractivity contribution is 7.07. The molecule has 2 heterocycles. The van der Waals surface area contributed by atoms with Crippen molar-refractivity contribution in [2.45, 2.75) is 0 Å². The molecule has 0 bridgehead atoms. The van der Waals surface area contributed by atoms with E-state index in [1.54, 1.807) is 11.7 Å². The van der Waals surface area contributed by atoms with Gasteiger partial charge in [-0.2, -0.15) is 0 Å². The summed E-state index contributed by atoms with van der Waals surface area (Å²) in [6, 6.07) is 0.174. The summed E-state index contributed by atoms with van der Waals surface area (Å²) < 4.78 is 5.04. The molecule has 0 saturated carbocycles. The van der Waals surface area contributed by atoms with Gasteiger partial charge in [-0.05, 0) is 0 Å². The Bertz CT molecular complexity index is 340. The number of anilines is 1. The maximum atomic E-state index is 5.28. The summed E-state index contributed by atoms with van der Waals surface area (Å²) in [7, 11) is 0. The van der Waals surface area contributed by atoms with Gasteiger partial charge in [0, 0.05) is 5.38 Å². The van der Waals surface area contributed by atoms with Crippen LogP contribution >= 0.6 is 11.3 Å². The molecule has 0 saturated heterocycles. The number of hydrogen-bond acceptors (Lipinski definition) is 5. The third kappa shape index (κ3) is 1.10. The number of aromatic nitrogens is 2. The fraction of sp³-hybridized carbons (Fsp3) is 0. The van der Waals surface area contributed by atoms with Gasteiger partial charge in [-0.25, -0.2) is 9.97 Å². The van der Waals surface area contributed by atoms with Crippen LogP contribution in [0.5, 0.6) is 0 Å². The summed E-state index contributed by atoms with van der Waals surface area (Å²) in [5, 5.41) is 1.87. The molecular weight excluding hydrogens is 162 g/mol. The van der Waals surface area contributed by atoms with Gasteiger partial charge in [0.1, 0.15) is 5.69 Å². The fourth-order valence-electron chi connectivity index (χ4n) is 0.740. The minimum atomic E-state index is 0.174. The maximum absolute atomic E-state index is 5.28. The van der Waals surface area contributed by atoms with Gasteiger partial charge in [-0.3, -0.25) is 0 Å². The first-order valence-electron chi connectivity index (χ1n) is 2.96. The molecule has 0 amide bonds. The summed E-state index contributed by atoms with van der Waals surface area (Å²) in [6.07, 6.45) is 1.56. The van der Waals surface area contributed by atoms with Gasteiger partial charge in [0.05, 0.1) is 11.7 Å². The van der Waals surface area contributed by atoms with Crippen LogP contribution in [0.1, 0.15) is 0 Å². The SMILES string of the molecule is Nc1ncc(-c2cscn2)o1. The molecule has 2 aromatic heterocycles. The van der Waals surface area contributed by atoms with Crippen molar-refractivity contribution >= 4 is 17.4 Å². The topological polar surface area (TPSA) is 64.9 Å². The van der Waals surface area contributed by atoms with Crippen LogP contribution in [0.4, 0.5) is 6.01 Å². The van der Waals surface area contributed by atoms with Gasteiger partial charge in [0.15, 0.2) is 5.76 Å². The van der Waals surface area contributed by atoms with Crippen molar-refractivity contribution in [3.05, 3.63) is 17.1 Å². The highest BCUT2D eigenvalue weighted by Crippen LogP contribution is 2.20. The van der Waals surface area contributed by atoms with Crippen molar-refractivity contribution in [1.29, 1.82) is 0 Å². The Morgan fingerprint density at radius 2 is 2.36 bits per heavy atom. The van der Waals surface area contributed by atoms with E-state index < -0.39 is 0 Å². The Morgan fingerprint density at radius 3 is 2.91 bits per heavy atom. The lowest BCUT2D eigenvalue weighted by Crippen LogP contribution is -1.79. The second-order valence-electron chi connectivity index (χ2n) is 1.94. The molecule has 2 aromatic rings. The van der Waals surface area contributed by atoms with Crippen molar-refractivity contribution in [3.63, 3.8) is 0 Å². The van der Waals surface area contributed by atoms with Crippen LogP contribution in [0.25, 0.3) is 11.5 Å². The Hall–Kier alpha value is -1.36. The number of rotatable bonds is 1. The third-order valence-corrected chi connectivity index (χ3v) is 1.79. The number of nitrogens with zero attached hydrogens (tertiary/aromatic N) is 2. The number of nitrogens with two attached hydrogens (primary N) is 1. The van der Waals surface area contributed by atoms with E-state index in [-0.39, 0.29) is 6.01 Å². The summed E-state index contributed by atoms with van der Waals surface area (Å²) in [4.78, 5) is 7.78. The Morgan fingerprint density at radius 1 is 1.45 bits per heavy atom. The first kappa shape index (κ1) is 6.36. The van der Waals surface area contributed by atoms with Gasteiger partial charge in [0.2, 0.25) is 0 Å². The van der Waals surface area contributed by atoms with Crippen LogP contribution in [0.2, 0.25) is 0 Å². The van der Waals surface area contributed by atoms with Crippen molar-refractivity contribution < 1.29 is 4.42 Å². The first-order valence-corrected chi connectivity index (χ1v) is 3.90. The molecule has 2 rings (SSSR count). The molecule has 0 atom stereocenters. The monoisotopic (exact) mass is 167 g/mol. The molecular formula is C6H5N3OS. The number of hydrogen-bond donors (Lipinski definition) is 1. The molecule has 0 aliphatic carbocycles. The van der Waals surface area contributed by atoms with E-state index in [1.807, 2.05) is 5.38 Å². The smallest absolute Gasteiger partial charge is 0.292 e. The lowest BCUT2D eigenvalue weighted by atomic mass is 10.4. The molecule has 56 valence electrons. The minimum absolute atomic E-state index is 0.174. The average Bonchev–Trinajstić information content (AvgIpc) is 2.55. The predicted molar refractivity (Wildman–Crippen MR) is 42.0 cm³/mol. The summed E-state index contributed by atoms with van der Waals surface area (Å²) in [5.41, 5.74) is 7.79. The van der Waals surface area contributed by atoms with Crippen molar-refractivity contribution in [2.24, 2.45) is 0 Å². The van der Waals surface area contributed by atoms with E-state index in [4.69, 9.17) is 10.2 Å². The summed E-state index contributed by atoms with van der Waals surface area (Å²) in [5.74, 6) is 0.615. The predicted octanol–water partition coefficient (Wildman–Crippen LogP) is 1.38. The zero-order chi connectivity index (χ0) is 7.68. The van der Waals surface area contributed by atoms with Crippen molar-refractivity contribution in [3.8, 4) is 11.5 Å². The van der Waals surface area contributed by atoms with E-state index in [0.717, 1.165) is 5.69 Å². The fourth-order valence-corrected chi connectivity index (χ4v) is 1.28. The first-order chi connectivity index (χ1) is 5.36. The molecule has 4 nitrogen and oxygen atoms in total. The van der Waals surface area contributed by atoms with Gasteiger partial charge >= 0.3 is 0 Å². The lowest BCUT2D eigenvalue weighted by molar-refractivity contribution is 0.593. The lowest BCUT2D eigenvalue weighted by Gasteiger charge is -1.83. The van der Waals surface area contributed by atoms with Gasteiger partial charge < -0.3 is 10.2 Å². The van der Waals surface area contributed by atoms with Crippen LogP contribution in [-0.2, 0) is 0 Å². The van der Waals surface area contributed by atoms with Crippen molar-refractivity contribution in [2.75, 3.05) is 5.73 Å². The minimum Gasteiger partial charge on any atom is -0.422 e. The van der Waals surface area contributed by atoms with Gasteiger partial charge in [0.25, 0.3) is 6.01 Å². The van der Waals surface area contributed by atoms with Gasteiger partial charge in [-0.15, -0.1) is 11.3 Å². The molecule has 2 N–H and O–H groups in total. The standard InChI is InChI=1S/C6H5N3OS/c7-6-8-1-5(10-6)4-2-11-3-9-4/h1-3H,(H2,7,8). The summed E-state index contributed by atoms with van der Waals surface area (Å²) in [6.45, 7) is 0. The van der Waals surface area contributed by atoms with Crippen LogP contribution < -0.4 is 5.73 Å². The molecule has 0 fully saturated rings. The highest BCUT2D eigenvalue weighted by Gasteiger charge is 2.04. The van der Waals surface area contributed by atoms with Crippen LogP contribution in [0, 0.1) is 0 Å². The van der Waals surface area contributed by atoms with E-state index in [1.165, 1.54) is 11.3 Å². The summed E-state index contributed by atoms with van der Waals surface area (Å²) >= 11 is 1.50. The highest BCUT2D eigenvalue weighted by atomic mass is 32.1. The van der Waals surface area contributed by atoms with E-state index in [2.05, 4.69) is 9.97 Å². The molecule has 0 aliphatic heterocycles. The largest absolute Gasteiger partial charge is 0.422 e. The second-order valence-corrected chi connectivity index (χ2v) is 2.66. The number of nitrogen functional groups attached to an aromatic ring is 1. The van der Waals surface area contributed by atoms with Crippen LogP contribution in [0.15, 0.2) is 21.5 Å². The van der Waals surface area contributed by atoms with Crippen molar-refractivity contribution in [1.82, 2.24) is 9.97 Å². The molecule has 11 heavy (non-hydrogen) atoms. The van der Waals surface area contributed by atoms with Crippen LogP contribution in [0.3, 0.4) is 0 Å². The van der Waals surface area contributed by atoms with E-state index in [9.17, 15) is 0 Å². The normalized spacial score (nSPS) is 10.2.